The number of thioether (sulfide) groups is 1. The second-order valence-corrected chi connectivity index (χ2v) is 7.27. The maximum absolute atomic E-state index is 10.8. The Morgan fingerprint density at radius 2 is 1.91 bits per heavy atom. The number of rotatable bonds is 9. The number of methoxy groups -OCH3 is 1. The van der Waals surface area contributed by atoms with Crippen LogP contribution in [-0.4, -0.2) is 37.1 Å². The van der Waals surface area contributed by atoms with Crippen LogP contribution < -0.4 is 15.3 Å². The van der Waals surface area contributed by atoms with Crippen molar-refractivity contribution in [2.24, 2.45) is 0 Å². The normalized spacial score (nSPS) is 10.8. The van der Waals surface area contributed by atoms with Crippen molar-refractivity contribution in [3.05, 3.63) is 70.4 Å². The van der Waals surface area contributed by atoms with Crippen molar-refractivity contribution in [2.75, 3.05) is 13.0 Å². The Labute approximate surface area is 185 Å². The molecule has 2 aromatic heterocycles. The molecule has 2 N–H and O–H groups in total. The molecule has 0 radical (unpaired) electrons. The molecule has 12 nitrogen and oxygen atoms in total. The fourth-order valence-electron chi connectivity index (χ4n) is 2.62. The van der Waals surface area contributed by atoms with E-state index in [9.17, 15) is 10.1 Å². The molecule has 0 unspecified atom stereocenters. The van der Waals surface area contributed by atoms with Crippen molar-refractivity contribution < 1.29 is 18.8 Å². The fourth-order valence-corrected chi connectivity index (χ4v) is 3.34. The van der Waals surface area contributed by atoms with Crippen molar-refractivity contribution in [3.63, 3.8) is 0 Å². The van der Waals surface area contributed by atoms with Gasteiger partial charge in [0.05, 0.1) is 17.8 Å². The molecule has 164 valence electrons. The SMILES string of the molecule is COc1cccc(OCc2nnc(SCc3nnc(-c4ccc([N+](=O)[O-])cc4)o3)n2N)c1. The average Bonchev–Trinajstić information content (AvgIpc) is 3.43. The quantitative estimate of drug-likeness (QED) is 0.171. The van der Waals surface area contributed by atoms with Gasteiger partial charge in [-0.05, 0) is 24.3 Å². The highest BCUT2D eigenvalue weighted by atomic mass is 32.2. The summed E-state index contributed by atoms with van der Waals surface area (Å²) in [6.45, 7) is 0.127. The molecule has 0 spiro atoms. The van der Waals surface area contributed by atoms with Gasteiger partial charge in [-0.3, -0.25) is 10.1 Å². The van der Waals surface area contributed by atoms with Gasteiger partial charge in [-0.2, -0.15) is 0 Å². The molecule has 0 amide bonds. The molecule has 0 bridgehead atoms. The van der Waals surface area contributed by atoms with Crippen molar-refractivity contribution >= 4 is 17.4 Å². The predicted molar refractivity (Wildman–Crippen MR) is 113 cm³/mol. The molecule has 0 aliphatic carbocycles. The predicted octanol–water partition coefficient (Wildman–Crippen LogP) is 2.83. The first-order valence-electron chi connectivity index (χ1n) is 9.19. The summed E-state index contributed by atoms with van der Waals surface area (Å²) < 4.78 is 17.8. The highest BCUT2D eigenvalue weighted by molar-refractivity contribution is 7.98. The summed E-state index contributed by atoms with van der Waals surface area (Å²) in [4.78, 5) is 10.3. The molecule has 13 heteroatoms. The number of non-ortho nitro benzene ring substituents is 1. The van der Waals surface area contributed by atoms with Gasteiger partial charge in [0.25, 0.3) is 5.69 Å². The van der Waals surface area contributed by atoms with Gasteiger partial charge in [-0.1, -0.05) is 17.8 Å². The third-order valence-electron chi connectivity index (χ3n) is 4.26. The Bertz CT molecular complexity index is 1230. The Morgan fingerprint density at radius 3 is 2.66 bits per heavy atom. The molecular weight excluding hydrogens is 438 g/mol. The highest BCUT2D eigenvalue weighted by Gasteiger charge is 2.15. The standard InChI is InChI=1S/C19H17N7O5S/c1-29-14-3-2-4-15(9-14)30-10-16-21-24-19(25(16)20)32-11-17-22-23-18(31-17)12-5-7-13(8-6-12)26(27)28/h2-9H,10-11,20H2,1H3. The van der Waals surface area contributed by atoms with Crippen LogP contribution in [0.25, 0.3) is 11.5 Å². The zero-order valence-corrected chi connectivity index (χ0v) is 17.6. The Balaban J connectivity index is 1.35. The number of hydrogen-bond donors (Lipinski definition) is 1. The van der Waals surface area contributed by atoms with Gasteiger partial charge in [0.1, 0.15) is 18.1 Å². The first-order valence-corrected chi connectivity index (χ1v) is 10.2. The summed E-state index contributed by atoms with van der Waals surface area (Å²) in [5.74, 6) is 8.72. The number of nitro groups is 1. The third-order valence-corrected chi connectivity index (χ3v) is 5.19. The van der Waals surface area contributed by atoms with E-state index in [0.717, 1.165) is 0 Å². The average molecular weight is 455 g/mol. The lowest BCUT2D eigenvalue weighted by atomic mass is 10.2. The molecule has 2 heterocycles. The van der Waals surface area contributed by atoms with Gasteiger partial charge in [-0.15, -0.1) is 20.4 Å². The van der Waals surface area contributed by atoms with E-state index in [1.807, 2.05) is 12.1 Å². The van der Waals surface area contributed by atoms with Gasteiger partial charge in [-0.25, -0.2) is 4.68 Å². The second-order valence-electron chi connectivity index (χ2n) is 6.33. The van der Waals surface area contributed by atoms with Crippen LogP contribution in [0.15, 0.2) is 58.1 Å². The number of nitrogens with zero attached hydrogens (tertiary/aromatic N) is 6. The molecule has 32 heavy (non-hydrogen) atoms. The zero-order chi connectivity index (χ0) is 22.5. The minimum atomic E-state index is -0.474. The first-order chi connectivity index (χ1) is 15.5. The number of nitrogen functional groups attached to an aromatic ring is 1. The van der Waals surface area contributed by atoms with Crippen LogP contribution >= 0.6 is 11.8 Å². The van der Waals surface area contributed by atoms with Gasteiger partial charge in [0.2, 0.25) is 16.9 Å². The Morgan fingerprint density at radius 1 is 1.12 bits per heavy atom. The Hall–Kier alpha value is -4.13. The van der Waals surface area contributed by atoms with Crippen LogP contribution in [0.2, 0.25) is 0 Å². The van der Waals surface area contributed by atoms with E-state index < -0.39 is 4.92 Å². The van der Waals surface area contributed by atoms with Crippen LogP contribution in [0, 0.1) is 10.1 Å². The first kappa shape index (κ1) is 21.1. The number of benzene rings is 2. The molecule has 4 rings (SSSR count). The minimum Gasteiger partial charge on any atom is -0.497 e. The van der Waals surface area contributed by atoms with Crippen molar-refractivity contribution in [2.45, 2.75) is 17.5 Å². The van der Waals surface area contributed by atoms with E-state index in [-0.39, 0.29) is 18.2 Å². The maximum Gasteiger partial charge on any atom is 0.269 e. The molecule has 4 aromatic rings. The molecule has 2 aromatic carbocycles. The van der Waals surface area contributed by atoms with E-state index >= 15 is 0 Å². The number of ether oxygens (including phenoxy) is 2. The van der Waals surface area contributed by atoms with Crippen LogP contribution in [0.5, 0.6) is 11.5 Å². The highest BCUT2D eigenvalue weighted by Crippen LogP contribution is 2.25. The summed E-state index contributed by atoms with van der Waals surface area (Å²) >= 11 is 1.27. The number of nitro benzene ring substituents is 1. The lowest BCUT2D eigenvalue weighted by molar-refractivity contribution is -0.384. The summed E-state index contributed by atoms with van der Waals surface area (Å²) in [5.41, 5.74) is 0.566. The number of hydrogen-bond acceptors (Lipinski definition) is 11. The lowest BCUT2D eigenvalue weighted by Crippen LogP contribution is -2.15. The monoisotopic (exact) mass is 455 g/mol. The van der Waals surface area contributed by atoms with Crippen LogP contribution in [0.3, 0.4) is 0 Å². The van der Waals surface area contributed by atoms with Gasteiger partial charge >= 0.3 is 0 Å². The topological polar surface area (TPSA) is 157 Å². The van der Waals surface area contributed by atoms with E-state index in [1.165, 1.54) is 28.6 Å². The number of aromatic nitrogens is 5. The lowest BCUT2D eigenvalue weighted by Gasteiger charge is -2.07. The van der Waals surface area contributed by atoms with Crippen molar-refractivity contribution in [1.82, 2.24) is 25.1 Å². The summed E-state index contributed by atoms with van der Waals surface area (Å²) in [6.07, 6.45) is 0. The molecule has 0 saturated carbocycles. The largest absolute Gasteiger partial charge is 0.497 e. The molecular formula is C19H17N7O5S. The molecule has 0 saturated heterocycles. The molecule has 0 aliphatic rings. The summed E-state index contributed by atoms with van der Waals surface area (Å²) in [7, 11) is 1.58. The zero-order valence-electron chi connectivity index (χ0n) is 16.7. The van der Waals surface area contributed by atoms with Crippen molar-refractivity contribution in [3.8, 4) is 23.0 Å². The van der Waals surface area contributed by atoms with Crippen molar-refractivity contribution in [1.29, 1.82) is 0 Å². The van der Waals surface area contributed by atoms with Gasteiger partial charge in [0.15, 0.2) is 5.82 Å². The molecule has 0 atom stereocenters. The molecule has 0 aliphatic heterocycles. The van der Waals surface area contributed by atoms with E-state index in [0.29, 0.717) is 39.7 Å². The third kappa shape index (κ3) is 4.78. The van der Waals surface area contributed by atoms with Gasteiger partial charge in [0, 0.05) is 23.8 Å². The fraction of sp³-hybridized carbons (Fsp3) is 0.158. The van der Waals surface area contributed by atoms with Crippen LogP contribution in [-0.2, 0) is 12.4 Å². The second kappa shape index (κ2) is 9.34. The summed E-state index contributed by atoms with van der Waals surface area (Å²) in [6, 6.07) is 13.0. The van der Waals surface area contributed by atoms with Crippen LogP contribution in [0.4, 0.5) is 5.69 Å². The minimum absolute atomic E-state index is 0.0162. The van der Waals surface area contributed by atoms with Crippen LogP contribution in [0.1, 0.15) is 11.7 Å². The maximum atomic E-state index is 10.8. The number of nitrogens with two attached hydrogens (primary N) is 1. The summed E-state index contributed by atoms with van der Waals surface area (Å²) in [5, 5.41) is 27.3. The van der Waals surface area contributed by atoms with E-state index in [2.05, 4.69) is 20.4 Å². The van der Waals surface area contributed by atoms with E-state index in [4.69, 9.17) is 19.7 Å². The Kier molecular flexibility index (Phi) is 6.17. The van der Waals surface area contributed by atoms with Gasteiger partial charge < -0.3 is 19.7 Å². The molecule has 0 fully saturated rings. The van der Waals surface area contributed by atoms with E-state index in [1.54, 1.807) is 31.4 Å². The smallest absolute Gasteiger partial charge is 0.269 e.